The average molecular weight is 274 g/mol. The molecule has 3 N–H and O–H groups in total. The van der Waals surface area contributed by atoms with Gasteiger partial charge in [0.25, 0.3) is 0 Å². The van der Waals surface area contributed by atoms with E-state index in [0.29, 0.717) is 5.75 Å². The zero-order chi connectivity index (χ0) is 11.6. The van der Waals surface area contributed by atoms with Gasteiger partial charge in [0.1, 0.15) is 5.75 Å². The highest BCUT2D eigenvalue weighted by molar-refractivity contribution is 9.10. The van der Waals surface area contributed by atoms with Crippen molar-refractivity contribution in [1.82, 2.24) is 0 Å². The number of hydrogen-bond acceptors (Lipinski definition) is 3. The number of halogens is 1. The Hall–Kier alpha value is -0.580. The number of aliphatic hydroxyl groups excluding tert-OH is 1. The Bertz CT molecular complexity index is 366. The molecule has 0 aliphatic heterocycles. The Morgan fingerprint density at radius 3 is 2.53 bits per heavy atom. The first-order valence-corrected chi connectivity index (χ1v) is 5.54. The van der Waals surface area contributed by atoms with E-state index in [2.05, 4.69) is 15.9 Å². The molecule has 0 bridgehead atoms. The lowest BCUT2D eigenvalue weighted by Gasteiger charge is -2.18. The van der Waals surface area contributed by atoms with Crippen LogP contribution >= 0.6 is 15.9 Å². The smallest absolute Gasteiger partial charge is 0.127 e. The molecule has 15 heavy (non-hydrogen) atoms. The van der Waals surface area contributed by atoms with Crippen LogP contribution in [0.5, 0.6) is 5.75 Å². The van der Waals surface area contributed by atoms with Gasteiger partial charge in [-0.05, 0) is 31.0 Å². The monoisotopic (exact) mass is 273 g/mol. The number of benzene rings is 1. The first kappa shape index (κ1) is 12.5. The van der Waals surface area contributed by atoms with E-state index in [1.807, 2.05) is 19.9 Å². The molecule has 0 aliphatic rings. The summed E-state index contributed by atoms with van der Waals surface area (Å²) in [5, 5.41) is 9.76. The van der Waals surface area contributed by atoms with Crippen LogP contribution in [0, 0.1) is 13.8 Å². The van der Waals surface area contributed by atoms with Crippen LogP contribution in [-0.4, -0.2) is 18.8 Å². The molecule has 0 saturated carbocycles. The number of rotatable bonds is 3. The van der Waals surface area contributed by atoms with Gasteiger partial charge in [0.05, 0.1) is 13.2 Å². The van der Waals surface area contributed by atoms with Crippen molar-refractivity contribution in [1.29, 1.82) is 0 Å². The van der Waals surface area contributed by atoms with Crippen LogP contribution in [0.15, 0.2) is 10.5 Å². The van der Waals surface area contributed by atoms with Gasteiger partial charge in [0.15, 0.2) is 0 Å². The normalized spacial score (nSPS) is 12.7. The van der Waals surface area contributed by atoms with Gasteiger partial charge in [-0.15, -0.1) is 0 Å². The molecule has 4 heteroatoms. The predicted molar refractivity (Wildman–Crippen MR) is 64.2 cm³/mol. The summed E-state index contributed by atoms with van der Waals surface area (Å²) in [7, 11) is 1.60. The van der Waals surface area contributed by atoms with Crippen LogP contribution in [0.2, 0.25) is 0 Å². The fourth-order valence-electron chi connectivity index (χ4n) is 1.52. The molecule has 1 unspecified atom stereocenters. The van der Waals surface area contributed by atoms with Crippen molar-refractivity contribution in [2.24, 2.45) is 5.73 Å². The third-order valence-electron chi connectivity index (χ3n) is 2.59. The molecule has 0 spiro atoms. The predicted octanol–water partition coefficient (Wildman–Crippen LogP) is 2.07. The van der Waals surface area contributed by atoms with E-state index in [4.69, 9.17) is 10.5 Å². The summed E-state index contributed by atoms with van der Waals surface area (Å²) in [4.78, 5) is 0. The fraction of sp³-hybridized carbons (Fsp3) is 0.455. The first-order chi connectivity index (χ1) is 7.02. The summed E-state index contributed by atoms with van der Waals surface area (Å²) in [5.74, 6) is 0.716. The Morgan fingerprint density at radius 2 is 2.07 bits per heavy atom. The van der Waals surface area contributed by atoms with Crippen molar-refractivity contribution < 1.29 is 9.84 Å². The van der Waals surface area contributed by atoms with Crippen LogP contribution in [0.1, 0.15) is 22.8 Å². The molecule has 3 nitrogen and oxygen atoms in total. The molecule has 1 rings (SSSR count). The highest BCUT2D eigenvalue weighted by atomic mass is 79.9. The molecule has 0 radical (unpaired) electrons. The van der Waals surface area contributed by atoms with E-state index >= 15 is 0 Å². The molecule has 0 amide bonds. The lowest BCUT2D eigenvalue weighted by molar-refractivity contribution is 0.182. The van der Waals surface area contributed by atoms with Crippen LogP contribution in [-0.2, 0) is 0 Å². The van der Waals surface area contributed by atoms with Gasteiger partial charge in [0, 0.05) is 16.6 Å². The second-order valence-electron chi connectivity index (χ2n) is 3.48. The van der Waals surface area contributed by atoms with Crippen molar-refractivity contribution in [3.8, 4) is 5.75 Å². The van der Waals surface area contributed by atoms with Gasteiger partial charge in [-0.3, -0.25) is 0 Å². The van der Waals surface area contributed by atoms with Gasteiger partial charge < -0.3 is 15.6 Å². The molecule has 0 fully saturated rings. The lowest BCUT2D eigenvalue weighted by Crippen LogP contribution is -2.13. The molecule has 0 aromatic heterocycles. The quantitative estimate of drug-likeness (QED) is 0.887. The number of methoxy groups -OCH3 is 1. The number of ether oxygens (including phenoxy) is 1. The average Bonchev–Trinajstić information content (AvgIpc) is 2.24. The second-order valence-corrected chi connectivity index (χ2v) is 4.34. The van der Waals surface area contributed by atoms with Crippen molar-refractivity contribution in [2.75, 3.05) is 13.7 Å². The van der Waals surface area contributed by atoms with Gasteiger partial charge >= 0.3 is 0 Å². The minimum absolute atomic E-state index is 0.186. The maximum Gasteiger partial charge on any atom is 0.127 e. The summed E-state index contributed by atoms with van der Waals surface area (Å²) in [6.07, 6.45) is -0.685. The second kappa shape index (κ2) is 4.96. The van der Waals surface area contributed by atoms with E-state index < -0.39 is 6.10 Å². The van der Waals surface area contributed by atoms with Gasteiger partial charge in [0.2, 0.25) is 0 Å². The molecular weight excluding hydrogens is 258 g/mol. The van der Waals surface area contributed by atoms with E-state index in [9.17, 15) is 5.11 Å². The SMILES string of the molecule is COc1c(C(O)CN)cc(Br)c(C)c1C. The Labute approximate surface area is 98.4 Å². The van der Waals surface area contributed by atoms with E-state index in [1.165, 1.54) is 0 Å². The van der Waals surface area contributed by atoms with Crippen molar-refractivity contribution in [3.05, 3.63) is 27.2 Å². The zero-order valence-corrected chi connectivity index (χ0v) is 10.8. The fourth-order valence-corrected chi connectivity index (χ4v) is 2.07. The standard InChI is InChI=1S/C11H16BrNO2/c1-6-7(2)11(15-3)8(4-9(6)12)10(14)5-13/h4,10,14H,5,13H2,1-3H3. The zero-order valence-electron chi connectivity index (χ0n) is 9.17. The molecule has 0 aliphatic carbocycles. The van der Waals surface area contributed by atoms with E-state index in [1.54, 1.807) is 7.11 Å². The summed E-state index contributed by atoms with van der Waals surface area (Å²) < 4.78 is 6.26. The molecule has 1 aromatic carbocycles. The topological polar surface area (TPSA) is 55.5 Å². The Balaban J connectivity index is 3.38. The summed E-state index contributed by atoms with van der Waals surface area (Å²) in [6, 6.07) is 1.86. The largest absolute Gasteiger partial charge is 0.496 e. The molecule has 0 saturated heterocycles. The highest BCUT2D eigenvalue weighted by Crippen LogP contribution is 2.35. The molecule has 1 aromatic rings. The van der Waals surface area contributed by atoms with Crippen molar-refractivity contribution in [3.63, 3.8) is 0 Å². The molecular formula is C11H16BrNO2. The third-order valence-corrected chi connectivity index (χ3v) is 3.42. The Kier molecular flexibility index (Phi) is 4.13. The Morgan fingerprint density at radius 1 is 1.47 bits per heavy atom. The molecule has 0 heterocycles. The van der Waals surface area contributed by atoms with Crippen LogP contribution in [0.4, 0.5) is 0 Å². The van der Waals surface area contributed by atoms with Crippen LogP contribution < -0.4 is 10.5 Å². The van der Waals surface area contributed by atoms with Crippen LogP contribution in [0.25, 0.3) is 0 Å². The minimum Gasteiger partial charge on any atom is -0.496 e. The van der Waals surface area contributed by atoms with Gasteiger partial charge in [-0.1, -0.05) is 15.9 Å². The lowest BCUT2D eigenvalue weighted by atomic mass is 10.0. The summed E-state index contributed by atoms with van der Waals surface area (Å²) in [5.41, 5.74) is 8.31. The number of nitrogens with two attached hydrogens (primary N) is 1. The van der Waals surface area contributed by atoms with Crippen molar-refractivity contribution in [2.45, 2.75) is 20.0 Å². The van der Waals surface area contributed by atoms with E-state index in [0.717, 1.165) is 21.2 Å². The first-order valence-electron chi connectivity index (χ1n) is 4.74. The minimum atomic E-state index is -0.685. The van der Waals surface area contributed by atoms with Crippen molar-refractivity contribution >= 4 is 15.9 Å². The number of hydrogen-bond donors (Lipinski definition) is 2. The van der Waals surface area contributed by atoms with Gasteiger partial charge in [-0.2, -0.15) is 0 Å². The maximum absolute atomic E-state index is 9.76. The molecule has 1 atom stereocenters. The third kappa shape index (κ3) is 2.33. The van der Waals surface area contributed by atoms with Gasteiger partial charge in [-0.25, -0.2) is 0 Å². The molecule has 84 valence electrons. The van der Waals surface area contributed by atoms with E-state index in [-0.39, 0.29) is 6.54 Å². The van der Waals surface area contributed by atoms with Crippen LogP contribution in [0.3, 0.4) is 0 Å². The summed E-state index contributed by atoms with van der Waals surface area (Å²) >= 11 is 3.45. The highest BCUT2D eigenvalue weighted by Gasteiger charge is 2.17. The number of aliphatic hydroxyl groups is 1. The maximum atomic E-state index is 9.76. The summed E-state index contributed by atoms with van der Waals surface area (Å²) in [6.45, 7) is 4.15.